The molecule has 1 N–H and O–H groups in total. The molecule has 0 spiro atoms. The van der Waals surface area contributed by atoms with Crippen molar-refractivity contribution in [3.8, 4) is 5.75 Å². The van der Waals surface area contributed by atoms with Crippen molar-refractivity contribution in [1.29, 1.82) is 0 Å². The molecule has 1 amide bonds. The molecule has 0 aliphatic heterocycles. The normalized spacial score (nSPS) is 16.4. The SMILES string of the molecule is O=C(CC1CCc2ccccc21)Nc1ccccc1OCC(F)(F)F. The predicted molar refractivity (Wildman–Crippen MR) is 88.7 cm³/mol. The van der Waals surface area contributed by atoms with Gasteiger partial charge in [0.15, 0.2) is 6.61 Å². The molecule has 1 aliphatic carbocycles. The fourth-order valence-corrected chi connectivity index (χ4v) is 3.14. The lowest BCUT2D eigenvalue weighted by molar-refractivity contribution is -0.153. The standard InChI is InChI=1S/C19H18F3NO2/c20-19(21,22)12-25-17-8-4-3-7-16(17)23-18(24)11-14-10-9-13-5-1-2-6-15(13)14/h1-8,14H,9-12H2,(H,23,24). The number of rotatable bonds is 5. The lowest BCUT2D eigenvalue weighted by Gasteiger charge is -2.15. The number of para-hydroxylation sites is 2. The number of fused-ring (bicyclic) bond motifs is 1. The first-order valence-corrected chi connectivity index (χ1v) is 8.08. The Morgan fingerprint density at radius 1 is 1.12 bits per heavy atom. The number of hydrogen-bond donors (Lipinski definition) is 1. The smallest absolute Gasteiger partial charge is 0.422 e. The molecule has 0 bridgehead atoms. The summed E-state index contributed by atoms with van der Waals surface area (Å²) in [4.78, 5) is 12.3. The Morgan fingerprint density at radius 2 is 1.84 bits per heavy atom. The summed E-state index contributed by atoms with van der Waals surface area (Å²) in [7, 11) is 0. The topological polar surface area (TPSA) is 38.3 Å². The van der Waals surface area contributed by atoms with Crippen LogP contribution in [0.25, 0.3) is 0 Å². The monoisotopic (exact) mass is 349 g/mol. The third-order valence-corrected chi connectivity index (χ3v) is 4.24. The van der Waals surface area contributed by atoms with Gasteiger partial charge in [-0.25, -0.2) is 0 Å². The number of hydrogen-bond acceptors (Lipinski definition) is 2. The minimum Gasteiger partial charge on any atom is -0.482 e. The summed E-state index contributed by atoms with van der Waals surface area (Å²) in [5.74, 6) is -0.0794. The van der Waals surface area contributed by atoms with E-state index in [-0.39, 0.29) is 23.3 Å². The van der Waals surface area contributed by atoms with Gasteiger partial charge in [-0.05, 0) is 42.0 Å². The van der Waals surface area contributed by atoms with Crippen molar-refractivity contribution in [1.82, 2.24) is 0 Å². The first-order chi connectivity index (χ1) is 11.9. The lowest BCUT2D eigenvalue weighted by atomic mass is 9.97. The Morgan fingerprint density at radius 3 is 2.64 bits per heavy atom. The van der Waals surface area contributed by atoms with Crippen LogP contribution in [0.5, 0.6) is 5.75 Å². The molecule has 0 radical (unpaired) electrons. The van der Waals surface area contributed by atoms with E-state index in [2.05, 4.69) is 11.4 Å². The van der Waals surface area contributed by atoms with Gasteiger partial charge in [0, 0.05) is 6.42 Å². The average molecular weight is 349 g/mol. The minimum atomic E-state index is -4.43. The molecule has 3 nitrogen and oxygen atoms in total. The van der Waals surface area contributed by atoms with Crippen molar-refractivity contribution in [2.75, 3.05) is 11.9 Å². The van der Waals surface area contributed by atoms with E-state index < -0.39 is 12.8 Å². The molecule has 1 aliphatic rings. The maximum atomic E-state index is 12.3. The molecule has 2 aromatic rings. The van der Waals surface area contributed by atoms with Crippen LogP contribution in [-0.4, -0.2) is 18.7 Å². The van der Waals surface area contributed by atoms with Gasteiger partial charge in [-0.15, -0.1) is 0 Å². The van der Waals surface area contributed by atoms with E-state index in [9.17, 15) is 18.0 Å². The van der Waals surface area contributed by atoms with Gasteiger partial charge in [-0.3, -0.25) is 4.79 Å². The first kappa shape index (κ1) is 17.3. The number of alkyl halides is 3. The van der Waals surface area contributed by atoms with Gasteiger partial charge < -0.3 is 10.1 Å². The van der Waals surface area contributed by atoms with Gasteiger partial charge >= 0.3 is 6.18 Å². The van der Waals surface area contributed by atoms with Gasteiger partial charge in [0.25, 0.3) is 0 Å². The molecule has 1 atom stereocenters. The predicted octanol–water partition coefficient (Wildman–Crippen LogP) is 4.69. The molecular weight excluding hydrogens is 331 g/mol. The van der Waals surface area contributed by atoms with E-state index in [0.29, 0.717) is 6.42 Å². The third-order valence-electron chi connectivity index (χ3n) is 4.24. The molecule has 6 heteroatoms. The summed E-state index contributed by atoms with van der Waals surface area (Å²) in [6, 6.07) is 14.2. The van der Waals surface area contributed by atoms with Gasteiger partial charge in [-0.1, -0.05) is 36.4 Å². The number of ether oxygens (including phenoxy) is 1. The summed E-state index contributed by atoms with van der Waals surface area (Å²) in [6.45, 7) is -1.39. The Balaban J connectivity index is 1.64. The number of carbonyl (C=O) groups excluding carboxylic acids is 1. The maximum Gasteiger partial charge on any atom is 0.422 e. The third kappa shape index (κ3) is 4.53. The highest BCUT2D eigenvalue weighted by atomic mass is 19.4. The van der Waals surface area contributed by atoms with E-state index in [0.717, 1.165) is 12.8 Å². The Kier molecular flexibility index (Phi) is 4.97. The summed E-state index contributed by atoms with van der Waals surface area (Å²) in [5, 5.41) is 2.67. The molecule has 2 aromatic carbocycles. The number of aryl methyl sites for hydroxylation is 1. The fraction of sp³-hybridized carbons (Fsp3) is 0.316. The number of amides is 1. The maximum absolute atomic E-state index is 12.3. The van der Waals surface area contributed by atoms with Crippen LogP contribution in [0.1, 0.15) is 29.9 Å². The minimum absolute atomic E-state index is 0.0139. The van der Waals surface area contributed by atoms with Crippen LogP contribution in [-0.2, 0) is 11.2 Å². The summed E-state index contributed by atoms with van der Waals surface area (Å²) < 4.78 is 41.8. The highest BCUT2D eigenvalue weighted by molar-refractivity contribution is 5.92. The molecule has 0 heterocycles. The Labute approximate surface area is 143 Å². The van der Waals surface area contributed by atoms with Gasteiger partial charge in [0.2, 0.25) is 5.91 Å². The highest BCUT2D eigenvalue weighted by Crippen LogP contribution is 2.35. The van der Waals surface area contributed by atoms with E-state index >= 15 is 0 Å². The van der Waals surface area contributed by atoms with Crippen molar-refractivity contribution >= 4 is 11.6 Å². The van der Waals surface area contributed by atoms with Crippen LogP contribution < -0.4 is 10.1 Å². The van der Waals surface area contributed by atoms with Crippen molar-refractivity contribution in [2.24, 2.45) is 0 Å². The summed E-state index contributed by atoms with van der Waals surface area (Å²) in [5.41, 5.74) is 2.69. The first-order valence-electron chi connectivity index (χ1n) is 8.08. The molecule has 0 fully saturated rings. The zero-order valence-corrected chi connectivity index (χ0v) is 13.5. The van der Waals surface area contributed by atoms with Crippen molar-refractivity contribution in [3.63, 3.8) is 0 Å². The van der Waals surface area contributed by atoms with Crippen LogP contribution in [0.4, 0.5) is 18.9 Å². The van der Waals surface area contributed by atoms with Crippen molar-refractivity contribution in [2.45, 2.75) is 31.4 Å². The second-order valence-electron chi connectivity index (χ2n) is 6.09. The molecule has 25 heavy (non-hydrogen) atoms. The van der Waals surface area contributed by atoms with Crippen LogP contribution in [0.15, 0.2) is 48.5 Å². The van der Waals surface area contributed by atoms with Crippen LogP contribution in [0, 0.1) is 0 Å². The van der Waals surface area contributed by atoms with Gasteiger partial charge in [-0.2, -0.15) is 13.2 Å². The van der Waals surface area contributed by atoms with E-state index in [4.69, 9.17) is 4.74 Å². The van der Waals surface area contributed by atoms with Crippen LogP contribution in [0.3, 0.4) is 0 Å². The zero-order chi connectivity index (χ0) is 17.9. The second-order valence-corrected chi connectivity index (χ2v) is 6.09. The molecular formula is C19H18F3NO2. The van der Waals surface area contributed by atoms with Crippen LogP contribution >= 0.6 is 0 Å². The molecule has 0 saturated heterocycles. The number of halogens is 3. The lowest BCUT2D eigenvalue weighted by Crippen LogP contribution is -2.20. The molecule has 3 rings (SSSR count). The second kappa shape index (κ2) is 7.17. The van der Waals surface area contributed by atoms with Crippen molar-refractivity contribution < 1.29 is 22.7 Å². The zero-order valence-electron chi connectivity index (χ0n) is 13.5. The van der Waals surface area contributed by atoms with Crippen LogP contribution in [0.2, 0.25) is 0 Å². The number of anilines is 1. The quantitative estimate of drug-likeness (QED) is 0.851. The fourth-order valence-electron chi connectivity index (χ4n) is 3.14. The highest BCUT2D eigenvalue weighted by Gasteiger charge is 2.29. The number of nitrogens with one attached hydrogen (secondary N) is 1. The van der Waals surface area contributed by atoms with E-state index in [1.807, 2.05) is 18.2 Å². The Hall–Kier alpha value is -2.50. The number of carbonyl (C=O) groups is 1. The summed E-state index contributed by atoms with van der Waals surface area (Å²) in [6.07, 6.45) is -2.28. The molecule has 0 aromatic heterocycles. The van der Waals surface area contributed by atoms with Crippen molar-refractivity contribution in [3.05, 3.63) is 59.7 Å². The molecule has 0 saturated carbocycles. The average Bonchev–Trinajstić information content (AvgIpc) is 2.96. The number of benzene rings is 2. The Bertz CT molecular complexity index is 758. The largest absolute Gasteiger partial charge is 0.482 e. The van der Waals surface area contributed by atoms with E-state index in [1.165, 1.54) is 23.3 Å². The van der Waals surface area contributed by atoms with Gasteiger partial charge in [0.05, 0.1) is 5.69 Å². The van der Waals surface area contributed by atoms with Gasteiger partial charge in [0.1, 0.15) is 5.75 Å². The summed E-state index contributed by atoms with van der Waals surface area (Å²) >= 11 is 0. The molecule has 132 valence electrons. The van der Waals surface area contributed by atoms with E-state index in [1.54, 1.807) is 12.1 Å². The molecule has 1 unspecified atom stereocenters.